The van der Waals surface area contributed by atoms with Crippen molar-refractivity contribution in [2.75, 3.05) is 6.61 Å². The number of aliphatic hydroxyl groups is 1. The second-order valence-corrected chi connectivity index (χ2v) is 12.6. The zero-order valence-corrected chi connectivity index (χ0v) is 18.3. The molecule has 8 bridgehead atoms. The van der Waals surface area contributed by atoms with Gasteiger partial charge in [0, 0.05) is 6.04 Å². The van der Waals surface area contributed by atoms with Gasteiger partial charge < -0.3 is 15.2 Å². The van der Waals surface area contributed by atoms with Crippen molar-refractivity contribution in [3.8, 4) is 0 Å². The van der Waals surface area contributed by atoms with E-state index in [4.69, 9.17) is 4.74 Å². The second kappa shape index (κ2) is 6.46. The van der Waals surface area contributed by atoms with Crippen molar-refractivity contribution in [1.82, 2.24) is 5.32 Å². The molecule has 2 N–H and O–H groups in total. The van der Waals surface area contributed by atoms with Crippen molar-refractivity contribution in [3.63, 3.8) is 0 Å². The largest absolute Gasteiger partial charge is 0.455 e. The summed E-state index contributed by atoms with van der Waals surface area (Å²) in [7, 11) is 0. The van der Waals surface area contributed by atoms with Gasteiger partial charge in [0.15, 0.2) is 6.61 Å². The Kier molecular flexibility index (Phi) is 4.22. The number of amides is 1. The Balaban J connectivity index is 1.06. The Morgan fingerprint density at radius 1 is 0.900 bits per heavy atom. The lowest BCUT2D eigenvalue weighted by molar-refractivity contribution is -0.196. The fraction of sp³-hybridized carbons (Fsp3) is 0.920. The Bertz CT molecular complexity index is 711. The Hall–Kier alpha value is -1.10. The van der Waals surface area contributed by atoms with Gasteiger partial charge in [-0.15, -0.1) is 0 Å². The van der Waals surface area contributed by atoms with Gasteiger partial charge >= 0.3 is 5.97 Å². The monoisotopic (exact) mass is 415 g/mol. The summed E-state index contributed by atoms with van der Waals surface area (Å²) in [4.78, 5) is 25.7. The highest BCUT2D eigenvalue weighted by atomic mass is 16.5. The van der Waals surface area contributed by atoms with Crippen molar-refractivity contribution in [2.45, 2.75) is 95.6 Å². The molecule has 8 aliphatic rings. The molecule has 0 saturated heterocycles. The SMILES string of the molecule is C[C@@H](NC(=O)COC(=O)C12C[C@@H]3C[C@@H](CC(O)(C3)C1)C2)C12CC3CC(CC(C3)C1)C2. The molecule has 8 fully saturated rings. The van der Waals surface area contributed by atoms with Crippen molar-refractivity contribution in [3.05, 3.63) is 0 Å². The molecular formula is C25H37NO4. The Labute approximate surface area is 179 Å². The summed E-state index contributed by atoms with van der Waals surface area (Å²) in [6.07, 6.45) is 12.9. The maximum Gasteiger partial charge on any atom is 0.312 e. The van der Waals surface area contributed by atoms with E-state index < -0.39 is 11.0 Å². The fourth-order valence-corrected chi connectivity index (χ4v) is 9.88. The molecule has 0 aromatic rings. The van der Waals surface area contributed by atoms with Gasteiger partial charge in [0.25, 0.3) is 5.91 Å². The van der Waals surface area contributed by atoms with Gasteiger partial charge in [-0.3, -0.25) is 9.59 Å². The van der Waals surface area contributed by atoms with Gasteiger partial charge in [-0.25, -0.2) is 0 Å². The molecule has 2 unspecified atom stereocenters. The molecule has 0 aromatic carbocycles. The maximum atomic E-state index is 13.0. The lowest BCUT2D eigenvalue weighted by Gasteiger charge is -2.59. The average molecular weight is 416 g/mol. The van der Waals surface area contributed by atoms with E-state index in [0.29, 0.717) is 18.3 Å². The van der Waals surface area contributed by atoms with Crippen LogP contribution in [0.3, 0.4) is 0 Å². The minimum absolute atomic E-state index is 0.150. The summed E-state index contributed by atoms with van der Waals surface area (Å²) in [5.41, 5.74) is -0.972. The van der Waals surface area contributed by atoms with Crippen LogP contribution in [0, 0.1) is 40.4 Å². The van der Waals surface area contributed by atoms with E-state index in [0.717, 1.165) is 49.9 Å². The van der Waals surface area contributed by atoms with Crippen LogP contribution in [-0.2, 0) is 14.3 Å². The van der Waals surface area contributed by atoms with Gasteiger partial charge in [-0.05, 0) is 119 Å². The van der Waals surface area contributed by atoms with Gasteiger partial charge in [-0.1, -0.05) is 0 Å². The van der Waals surface area contributed by atoms with Crippen LogP contribution < -0.4 is 5.32 Å². The summed E-state index contributed by atoms with van der Waals surface area (Å²) in [5, 5.41) is 14.1. The number of rotatable bonds is 5. The maximum absolute atomic E-state index is 13.0. The number of nitrogens with one attached hydrogen (secondary N) is 1. The molecule has 166 valence electrons. The average Bonchev–Trinajstić information content (AvgIpc) is 2.63. The third-order valence-electron chi connectivity index (χ3n) is 10.2. The topological polar surface area (TPSA) is 75.6 Å². The summed E-state index contributed by atoms with van der Waals surface area (Å²) < 4.78 is 5.59. The minimum Gasteiger partial charge on any atom is -0.455 e. The van der Waals surface area contributed by atoms with E-state index >= 15 is 0 Å². The zero-order chi connectivity index (χ0) is 20.7. The third-order valence-corrected chi connectivity index (χ3v) is 10.2. The van der Waals surface area contributed by atoms with E-state index in [1.807, 2.05) is 0 Å². The fourth-order valence-electron chi connectivity index (χ4n) is 9.88. The number of hydrogen-bond acceptors (Lipinski definition) is 4. The van der Waals surface area contributed by atoms with Gasteiger partial charge in [0.1, 0.15) is 0 Å². The molecule has 0 radical (unpaired) electrons. The van der Waals surface area contributed by atoms with Crippen LogP contribution in [0.4, 0.5) is 0 Å². The summed E-state index contributed by atoms with van der Waals surface area (Å²) in [5.74, 6) is 3.05. The first-order valence-electron chi connectivity index (χ1n) is 12.4. The van der Waals surface area contributed by atoms with Crippen LogP contribution in [-0.4, -0.2) is 35.2 Å². The van der Waals surface area contributed by atoms with Crippen molar-refractivity contribution in [2.24, 2.45) is 40.4 Å². The standard InChI is InChI=1S/C25H37NO4/c1-15(23-6-16-2-17(7-23)4-18(3-16)8-23)26-21(27)13-30-22(28)24-9-19-5-20(10-24)12-25(29,11-19)14-24/h15-20,29H,2-14H2,1H3,(H,26,27)/t15-,16?,17?,18?,19-,20+,23?,24?,25?/m1/s1. The molecule has 5 nitrogen and oxygen atoms in total. The van der Waals surface area contributed by atoms with E-state index in [9.17, 15) is 14.7 Å². The number of carbonyl (C=O) groups excluding carboxylic acids is 2. The van der Waals surface area contributed by atoms with Crippen LogP contribution in [0.1, 0.15) is 84.0 Å². The van der Waals surface area contributed by atoms with E-state index in [1.165, 1.54) is 38.5 Å². The van der Waals surface area contributed by atoms with E-state index in [1.54, 1.807) is 0 Å². The van der Waals surface area contributed by atoms with Crippen LogP contribution in [0.15, 0.2) is 0 Å². The summed E-state index contributed by atoms with van der Waals surface area (Å²) >= 11 is 0. The Morgan fingerprint density at radius 3 is 1.97 bits per heavy atom. The van der Waals surface area contributed by atoms with E-state index in [2.05, 4.69) is 12.2 Å². The number of hydrogen-bond donors (Lipinski definition) is 2. The molecule has 5 heteroatoms. The molecule has 1 amide bonds. The number of ether oxygens (including phenoxy) is 1. The van der Waals surface area contributed by atoms with Crippen LogP contribution in [0.5, 0.6) is 0 Å². The quantitative estimate of drug-likeness (QED) is 0.673. The molecule has 8 saturated carbocycles. The molecule has 0 aromatic heterocycles. The zero-order valence-electron chi connectivity index (χ0n) is 18.3. The molecule has 0 heterocycles. The lowest BCUT2D eigenvalue weighted by atomic mass is 9.48. The lowest BCUT2D eigenvalue weighted by Crippen LogP contribution is -2.59. The van der Waals surface area contributed by atoms with Gasteiger partial charge in [0.05, 0.1) is 11.0 Å². The van der Waals surface area contributed by atoms with Crippen molar-refractivity contribution < 1.29 is 19.4 Å². The third kappa shape index (κ3) is 3.05. The first-order valence-corrected chi connectivity index (χ1v) is 12.4. The molecule has 8 aliphatic carbocycles. The summed E-state index contributed by atoms with van der Waals surface area (Å²) in [6.45, 7) is 1.99. The smallest absolute Gasteiger partial charge is 0.312 e. The van der Waals surface area contributed by atoms with Crippen LogP contribution in [0.2, 0.25) is 0 Å². The van der Waals surface area contributed by atoms with Gasteiger partial charge in [0.2, 0.25) is 0 Å². The minimum atomic E-state index is -0.682. The van der Waals surface area contributed by atoms with Crippen LogP contribution in [0.25, 0.3) is 0 Å². The predicted molar refractivity (Wildman–Crippen MR) is 111 cm³/mol. The second-order valence-electron chi connectivity index (χ2n) is 12.6. The first kappa shape index (κ1) is 19.6. The molecule has 30 heavy (non-hydrogen) atoms. The van der Waals surface area contributed by atoms with Crippen molar-refractivity contribution in [1.29, 1.82) is 0 Å². The highest BCUT2D eigenvalue weighted by Crippen LogP contribution is 2.62. The molecule has 8 rings (SSSR count). The molecule has 0 aliphatic heterocycles. The normalized spacial score (nSPS) is 51.1. The number of esters is 1. The van der Waals surface area contributed by atoms with Gasteiger partial charge in [-0.2, -0.15) is 0 Å². The van der Waals surface area contributed by atoms with Crippen molar-refractivity contribution >= 4 is 11.9 Å². The van der Waals surface area contributed by atoms with Crippen LogP contribution >= 0.6 is 0 Å². The highest BCUT2D eigenvalue weighted by molar-refractivity contribution is 5.83. The summed E-state index contributed by atoms with van der Waals surface area (Å²) in [6, 6.07) is 0.150. The van der Waals surface area contributed by atoms with E-state index in [-0.39, 0.29) is 29.9 Å². The number of carbonyl (C=O) groups is 2. The molecule has 0 spiro atoms. The Morgan fingerprint density at radius 2 is 1.43 bits per heavy atom. The molecular weight excluding hydrogens is 378 g/mol. The molecule has 5 atom stereocenters. The predicted octanol–water partition coefficient (Wildman–Crippen LogP) is 3.58. The highest BCUT2D eigenvalue weighted by Gasteiger charge is 2.61. The first-order chi connectivity index (χ1) is 14.2.